The summed E-state index contributed by atoms with van der Waals surface area (Å²) in [5.74, 6) is 0. The van der Waals surface area contributed by atoms with E-state index in [2.05, 4.69) is 242 Å². The van der Waals surface area contributed by atoms with Gasteiger partial charge in [0.2, 0.25) is 0 Å². The van der Waals surface area contributed by atoms with Gasteiger partial charge in [0, 0.05) is 43.8 Å². The minimum absolute atomic E-state index is 0.00283. The molecule has 0 saturated carbocycles. The molecule has 3 heteroatoms. The van der Waals surface area contributed by atoms with Crippen molar-refractivity contribution in [2.24, 2.45) is 0 Å². The normalized spacial score (nSPS) is 14.9. The molecule has 11 aromatic rings. The Balaban J connectivity index is 1.24. The monoisotopic (exact) mass is 874 g/mol. The molecule has 4 heterocycles. The molecule has 0 amide bonds. The Hall–Kier alpha value is -7.10. The van der Waals surface area contributed by atoms with Crippen LogP contribution in [0.15, 0.2) is 170 Å². The topological polar surface area (TPSA) is 8.17 Å². The van der Waals surface area contributed by atoms with Crippen molar-refractivity contribution in [1.29, 1.82) is 0 Å². The van der Waals surface area contributed by atoms with Crippen LogP contribution in [0.5, 0.6) is 0 Å². The van der Waals surface area contributed by atoms with Crippen LogP contribution in [0.1, 0.15) is 101 Å². The van der Waals surface area contributed by atoms with Crippen LogP contribution in [-0.2, 0) is 21.7 Å². The quantitative estimate of drug-likeness (QED) is 0.124. The fourth-order valence-corrected chi connectivity index (χ4v) is 13.2. The molecule has 0 bridgehead atoms. The van der Waals surface area contributed by atoms with Crippen molar-refractivity contribution < 1.29 is 0 Å². The highest BCUT2D eigenvalue weighted by atomic mass is 15.2. The lowest BCUT2D eigenvalue weighted by Gasteiger charge is -2.51. The van der Waals surface area contributed by atoms with Crippen molar-refractivity contribution in [3.05, 3.63) is 209 Å². The molecule has 68 heavy (non-hydrogen) atoms. The standard InChI is InChI=1S/C65H55BN2/c1-62(2,3)42-29-32-53-47(35-42)48-36-44(64(7,8)9)37-49-57-45-30-27-38-33-43(63(4,5)6)34-39-28-31-46(56(45)55(38)39)60-58(57)66(68(53)59(48)49)52-25-18-24-51-61(52)67(60)54-26-17-16-23-50(54)65(51,40-19-12-10-13-20-40)41-21-14-11-15-22-41/h10-37H,1-9H3. The molecule has 3 aliphatic heterocycles. The van der Waals surface area contributed by atoms with Gasteiger partial charge in [0.1, 0.15) is 0 Å². The summed E-state index contributed by atoms with van der Waals surface area (Å²) in [5, 5.41) is 10.7. The van der Waals surface area contributed by atoms with Crippen molar-refractivity contribution in [2.45, 2.75) is 84.0 Å². The van der Waals surface area contributed by atoms with Crippen LogP contribution >= 0.6 is 0 Å². The zero-order valence-electron chi connectivity index (χ0n) is 40.6. The average molecular weight is 875 g/mol. The first-order chi connectivity index (χ1) is 32.7. The van der Waals surface area contributed by atoms with E-state index < -0.39 is 5.41 Å². The number of anilines is 3. The number of benzene rings is 10. The zero-order chi connectivity index (χ0) is 46.4. The first-order valence-electron chi connectivity index (χ1n) is 24.7. The Labute approximate surface area is 400 Å². The molecule has 0 saturated heterocycles. The average Bonchev–Trinajstić information content (AvgIpc) is 3.66. The van der Waals surface area contributed by atoms with E-state index in [9.17, 15) is 0 Å². The predicted molar refractivity (Wildman–Crippen MR) is 292 cm³/mol. The van der Waals surface area contributed by atoms with Gasteiger partial charge in [-0.3, -0.25) is 0 Å². The molecule has 3 aliphatic rings. The van der Waals surface area contributed by atoms with E-state index in [1.54, 1.807) is 0 Å². The van der Waals surface area contributed by atoms with E-state index in [0.29, 0.717) is 0 Å². The molecular formula is C65H55BN2. The van der Waals surface area contributed by atoms with E-state index in [1.807, 2.05) is 0 Å². The van der Waals surface area contributed by atoms with Gasteiger partial charge in [0.15, 0.2) is 0 Å². The summed E-state index contributed by atoms with van der Waals surface area (Å²) < 4.78 is 2.78. The van der Waals surface area contributed by atoms with Crippen molar-refractivity contribution in [3.63, 3.8) is 0 Å². The van der Waals surface area contributed by atoms with Crippen LogP contribution in [0, 0.1) is 0 Å². The molecule has 0 radical (unpaired) electrons. The zero-order valence-corrected chi connectivity index (χ0v) is 40.6. The number of aromatic nitrogens is 1. The van der Waals surface area contributed by atoms with Gasteiger partial charge in [-0.05, 0) is 124 Å². The van der Waals surface area contributed by atoms with E-state index in [0.717, 1.165) is 0 Å². The molecule has 0 unspecified atom stereocenters. The minimum Gasteiger partial charge on any atom is -0.375 e. The fraction of sp³-hybridized carbons (Fsp3) is 0.200. The Bertz CT molecular complexity index is 3910. The van der Waals surface area contributed by atoms with E-state index >= 15 is 0 Å². The second-order valence-electron chi connectivity index (χ2n) is 23.3. The second-order valence-corrected chi connectivity index (χ2v) is 23.3. The Morgan fingerprint density at radius 2 is 1.03 bits per heavy atom. The lowest BCUT2D eigenvalue weighted by atomic mass is 9.43. The molecule has 328 valence electrons. The van der Waals surface area contributed by atoms with Gasteiger partial charge in [0.05, 0.1) is 16.8 Å². The molecular weight excluding hydrogens is 820 g/mol. The van der Waals surface area contributed by atoms with Crippen molar-refractivity contribution in [1.82, 2.24) is 4.48 Å². The van der Waals surface area contributed by atoms with Crippen molar-refractivity contribution >= 4 is 89.0 Å². The summed E-state index contributed by atoms with van der Waals surface area (Å²) in [4.78, 5) is 2.73. The summed E-state index contributed by atoms with van der Waals surface area (Å²) in [6.07, 6.45) is 0. The van der Waals surface area contributed by atoms with Crippen molar-refractivity contribution in [3.8, 4) is 11.1 Å². The molecule has 0 spiro atoms. The van der Waals surface area contributed by atoms with Crippen molar-refractivity contribution in [2.75, 3.05) is 4.90 Å². The number of para-hydroxylation sites is 2. The van der Waals surface area contributed by atoms with Gasteiger partial charge in [-0.2, -0.15) is 0 Å². The van der Waals surface area contributed by atoms with Gasteiger partial charge < -0.3 is 9.38 Å². The SMILES string of the molecule is CC(C)(C)c1cc2ccc3c4c5c(c6ccc(c1)c2c36)N1c2ccccc2C(c2ccccc2)(c2ccccc2)c2cccc(c21)B5n1c2ccc(C(C)(C)C)cc2c2cc(C(C)(C)C)cc-4c21. The molecule has 14 rings (SSSR count). The maximum Gasteiger partial charge on any atom is 0.333 e. The third-order valence-corrected chi connectivity index (χ3v) is 16.4. The summed E-state index contributed by atoms with van der Waals surface area (Å²) >= 11 is 0. The Kier molecular flexibility index (Phi) is 7.72. The maximum absolute atomic E-state index is 2.78. The highest BCUT2D eigenvalue weighted by Gasteiger charge is 2.53. The highest BCUT2D eigenvalue weighted by molar-refractivity contribution is 6.91. The fourth-order valence-electron chi connectivity index (χ4n) is 13.2. The van der Waals surface area contributed by atoms with E-state index in [4.69, 9.17) is 0 Å². The molecule has 0 atom stereocenters. The highest BCUT2D eigenvalue weighted by Crippen LogP contribution is 2.61. The third-order valence-electron chi connectivity index (χ3n) is 16.4. The summed E-state index contributed by atoms with van der Waals surface area (Å²) in [6.45, 7) is 21.1. The largest absolute Gasteiger partial charge is 0.375 e. The number of rotatable bonds is 2. The number of fused-ring (bicyclic) bond motifs is 11. The molecule has 0 aliphatic carbocycles. The lowest BCUT2D eigenvalue weighted by Crippen LogP contribution is -2.58. The summed E-state index contributed by atoms with van der Waals surface area (Å²) in [5.41, 5.74) is 20.5. The van der Waals surface area contributed by atoms with E-state index in [1.165, 1.54) is 132 Å². The van der Waals surface area contributed by atoms with Crippen LogP contribution < -0.4 is 15.8 Å². The van der Waals surface area contributed by atoms with Gasteiger partial charge in [0.25, 0.3) is 0 Å². The predicted octanol–water partition coefficient (Wildman–Crippen LogP) is 15.7. The van der Waals surface area contributed by atoms with Crippen LogP contribution in [0.2, 0.25) is 0 Å². The van der Waals surface area contributed by atoms with Gasteiger partial charge in [-0.15, -0.1) is 0 Å². The molecule has 0 fully saturated rings. The second kappa shape index (κ2) is 13.1. The molecule has 1 aromatic heterocycles. The number of hydrogen-bond donors (Lipinski definition) is 0. The van der Waals surface area contributed by atoms with Crippen LogP contribution in [0.3, 0.4) is 0 Å². The van der Waals surface area contributed by atoms with Gasteiger partial charge in [-0.1, -0.05) is 202 Å². The lowest BCUT2D eigenvalue weighted by molar-refractivity contribution is 0.590. The summed E-state index contributed by atoms with van der Waals surface area (Å²) in [6, 6.07) is 66.5. The molecule has 2 nitrogen and oxygen atoms in total. The minimum atomic E-state index is -0.585. The van der Waals surface area contributed by atoms with Gasteiger partial charge in [-0.25, -0.2) is 0 Å². The van der Waals surface area contributed by atoms with Crippen LogP contribution in [0.4, 0.5) is 17.1 Å². The number of hydrogen-bond acceptors (Lipinski definition) is 1. The van der Waals surface area contributed by atoms with Gasteiger partial charge >= 0.3 is 6.85 Å². The number of nitrogens with zero attached hydrogens (tertiary/aromatic N) is 2. The summed E-state index contributed by atoms with van der Waals surface area (Å²) in [7, 11) is 0. The Morgan fingerprint density at radius 1 is 0.441 bits per heavy atom. The van der Waals surface area contributed by atoms with E-state index in [-0.39, 0.29) is 23.1 Å². The van der Waals surface area contributed by atoms with Crippen LogP contribution in [0.25, 0.3) is 65.3 Å². The molecule has 10 aromatic carbocycles. The maximum atomic E-state index is 2.78. The smallest absolute Gasteiger partial charge is 0.333 e. The Morgan fingerprint density at radius 3 is 1.69 bits per heavy atom. The first kappa shape index (κ1) is 40.0. The first-order valence-corrected chi connectivity index (χ1v) is 24.7. The third kappa shape index (κ3) is 4.99. The molecule has 0 N–H and O–H groups in total. The van der Waals surface area contributed by atoms with Crippen LogP contribution in [-0.4, -0.2) is 11.3 Å².